The zero-order valence-electron chi connectivity index (χ0n) is 11.8. The van der Waals surface area contributed by atoms with Crippen LogP contribution in [0.1, 0.15) is 33.1 Å². The maximum atomic E-state index is 9.92. The van der Waals surface area contributed by atoms with E-state index in [1.54, 1.807) is 0 Å². The molecular weight excluding hydrogens is 272 g/mol. The summed E-state index contributed by atoms with van der Waals surface area (Å²) in [6.07, 6.45) is 2.79. The summed E-state index contributed by atoms with van der Waals surface area (Å²) in [6, 6.07) is 4.74. The number of thioether (sulfide) groups is 1. The number of hydrogen-bond acceptors (Lipinski definition) is 6. The standard InChI is InChI=1S/C14H18N4OS/c1-3-4-5-11(2)12(8-15)10(17)18-14(13(11,12)9-16)19-6-7-20-14/h3-7H2,1-2H3,(H2,17,18)/t11-,12-,13+,14+/m0/s1. The molecule has 0 aromatic rings. The molecule has 0 aromatic heterocycles. The quantitative estimate of drug-likeness (QED) is 0.857. The number of nitrogens with two attached hydrogens (primary N) is 1. The normalized spacial score (nSPS) is 48.5. The fourth-order valence-corrected chi connectivity index (χ4v) is 5.71. The molecule has 1 saturated heterocycles. The van der Waals surface area contributed by atoms with Crippen molar-refractivity contribution < 1.29 is 4.74 Å². The molecule has 0 amide bonds. The molecule has 20 heavy (non-hydrogen) atoms. The molecule has 2 aliphatic heterocycles. The van der Waals surface area contributed by atoms with E-state index in [1.165, 1.54) is 11.8 Å². The van der Waals surface area contributed by atoms with Gasteiger partial charge in [-0.2, -0.15) is 10.5 Å². The first-order valence-electron chi connectivity index (χ1n) is 6.98. The fourth-order valence-electron chi connectivity index (χ4n) is 4.30. The molecule has 3 aliphatic rings. The van der Waals surface area contributed by atoms with E-state index in [9.17, 15) is 10.5 Å². The summed E-state index contributed by atoms with van der Waals surface area (Å²) in [6.45, 7) is 4.66. The maximum Gasteiger partial charge on any atom is 0.230 e. The topological polar surface area (TPSA) is 95.2 Å². The van der Waals surface area contributed by atoms with Crippen LogP contribution in [0.2, 0.25) is 0 Å². The molecule has 106 valence electrons. The van der Waals surface area contributed by atoms with E-state index in [0.717, 1.165) is 25.0 Å². The number of unbranched alkanes of at least 4 members (excludes halogenated alkanes) is 1. The van der Waals surface area contributed by atoms with Gasteiger partial charge in [-0.05, 0) is 6.42 Å². The third-order valence-electron chi connectivity index (χ3n) is 5.33. The predicted molar refractivity (Wildman–Crippen MR) is 76.5 cm³/mol. The summed E-state index contributed by atoms with van der Waals surface area (Å²) in [5.41, 5.74) is 3.71. The fraction of sp³-hybridized carbons (Fsp3) is 0.786. The lowest BCUT2D eigenvalue weighted by molar-refractivity contribution is 0.00809. The van der Waals surface area contributed by atoms with E-state index in [4.69, 9.17) is 10.5 Å². The number of fused-ring (bicyclic) bond motifs is 2. The number of ether oxygens (including phenoxy) is 1. The molecule has 2 heterocycles. The Kier molecular flexibility index (Phi) is 2.68. The lowest BCUT2D eigenvalue weighted by Crippen LogP contribution is -2.36. The minimum absolute atomic E-state index is 0.287. The molecule has 1 aliphatic carbocycles. The van der Waals surface area contributed by atoms with Crippen molar-refractivity contribution in [3.8, 4) is 12.1 Å². The largest absolute Gasteiger partial charge is 0.386 e. The summed E-state index contributed by atoms with van der Waals surface area (Å²) < 4.78 is 5.84. The van der Waals surface area contributed by atoms with Crippen LogP contribution in [0.25, 0.3) is 0 Å². The summed E-state index contributed by atoms with van der Waals surface area (Å²) in [4.78, 5) is 4.43. The Morgan fingerprint density at radius 2 is 2.20 bits per heavy atom. The van der Waals surface area contributed by atoms with Gasteiger partial charge in [0.15, 0.2) is 5.41 Å². The zero-order chi connectivity index (χ0) is 14.6. The molecule has 1 saturated carbocycles. The highest BCUT2D eigenvalue weighted by atomic mass is 32.2. The van der Waals surface area contributed by atoms with Gasteiger partial charge in [0.2, 0.25) is 5.06 Å². The second kappa shape index (κ2) is 3.90. The smallest absolute Gasteiger partial charge is 0.230 e. The first-order chi connectivity index (χ1) is 9.52. The molecular formula is C14H18N4OS. The van der Waals surface area contributed by atoms with Crippen molar-refractivity contribution in [3.05, 3.63) is 0 Å². The van der Waals surface area contributed by atoms with Crippen molar-refractivity contribution in [2.75, 3.05) is 12.4 Å². The molecule has 2 N–H and O–H groups in total. The van der Waals surface area contributed by atoms with Crippen LogP contribution in [0.3, 0.4) is 0 Å². The van der Waals surface area contributed by atoms with Gasteiger partial charge in [-0.1, -0.05) is 38.5 Å². The van der Waals surface area contributed by atoms with Crippen molar-refractivity contribution in [2.45, 2.75) is 38.2 Å². The lowest BCUT2D eigenvalue weighted by atomic mass is 9.87. The molecule has 0 aromatic carbocycles. The summed E-state index contributed by atoms with van der Waals surface area (Å²) in [5, 5.41) is 18.7. The highest BCUT2D eigenvalue weighted by Gasteiger charge is 2.98. The first kappa shape index (κ1) is 13.7. The minimum Gasteiger partial charge on any atom is -0.386 e. The van der Waals surface area contributed by atoms with E-state index >= 15 is 0 Å². The van der Waals surface area contributed by atoms with Gasteiger partial charge in [0.25, 0.3) is 0 Å². The van der Waals surface area contributed by atoms with Crippen molar-refractivity contribution in [1.82, 2.24) is 0 Å². The number of hydrogen-bond donors (Lipinski definition) is 1. The number of rotatable bonds is 3. The molecule has 0 unspecified atom stereocenters. The van der Waals surface area contributed by atoms with E-state index < -0.39 is 21.3 Å². The molecule has 2 fully saturated rings. The summed E-state index contributed by atoms with van der Waals surface area (Å²) >= 11 is 1.52. The van der Waals surface area contributed by atoms with E-state index in [2.05, 4.69) is 24.1 Å². The van der Waals surface area contributed by atoms with Crippen molar-refractivity contribution in [1.29, 1.82) is 10.5 Å². The van der Waals surface area contributed by atoms with Gasteiger partial charge in [-0.3, -0.25) is 0 Å². The molecule has 1 spiro atoms. The Bertz CT molecular complexity index is 571. The zero-order valence-corrected chi connectivity index (χ0v) is 12.6. The molecule has 0 bridgehead atoms. The third kappa shape index (κ3) is 1.02. The minimum atomic E-state index is -0.985. The van der Waals surface area contributed by atoms with Crippen LogP contribution in [-0.2, 0) is 4.74 Å². The molecule has 0 radical (unpaired) electrons. The Morgan fingerprint density at radius 1 is 1.45 bits per heavy atom. The highest BCUT2D eigenvalue weighted by molar-refractivity contribution is 8.00. The van der Waals surface area contributed by atoms with E-state index in [1.807, 2.05) is 6.92 Å². The van der Waals surface area contributed by atoms with Crippen LogP contribution in [0.4, 0.5) is 0 Å². The number of aliphatic imine (C=N–C) groups is 1. The van der Waals surface area contributed by atoms with E-state index in [-0.39, 0.29) is 5.84 Å². The Balaban J connectivity index is 2.16. The van der Waals surface area contributed by atoms with Crippen molar-refractivity contribution in [2.24, 2.45) is 27.0 Å². The summed E-state index contributed by atoms with van der Waals surface area (Å²) in [5.74, 6) is 1.07. The van der Waals surface area contributed by atoms with Crippen molar-refractivity contribution >= 4 is 17.6 Å². The van der Waals surface area contributed by atoms with Crippen LogP contribution >= 0.6 is 11.8 Å². The predicted octanol–water partition coefficient (Wildman–Crippen LogP) is 2.00. The Labute approximate surface area is 123 Å². The molecule has 4 atom stereocenters. The molecule has 6 heteroatoms. The van der Waals surface area contributed by atoms with Gasteiger partial charge >= 0.3 is 0 Å². The number of nitrogens with zero attached hydrogens (tertiary/aromatic N) is 3. The van der Waals surface area contributed by atoms with Crippen LogP contribution in [0.15, 0.2) is 4.99 Å². The van der Waals surface area contributed by atoms with Gasteiger partial charge < -0.3 is 10.5 Å². The van der Waals surface area contributed by atoms with Crippen LogP contribution in [0, 0.1) is 38.9 Å². The Morgan fingerprint density at radius 3 is 2.70 bits per heavy atom. The summed E-state index contributed by atoms with van der Waals surface area (Å²) in [7, 11) is 0. The van der Waals surface area contributed by atoms with Crippen molar-refractivity contribution in [3.63, 3.8) is 0 Å². The number of nitriles is 2. The second-order valence-electron chi connectivity index (χ2n) is 5.94. The average Bonchev–Trinajstić information content (AvgIpc) is 2.75. The van der Waals surface area contributed by atoms with Crippen LogP contribution in [0.5, 0.6) is 0 Å². The van der Waals surface area contributed by atoms with Crippen LogP contribution in [-0.4, -0.2) is 23.3 Å². The molecule has 3 rings (SSSR count). The molecule has 5 nitrogen and oxygen atoms in total. The van der Waals surface area contributed by atoms with Gasteiger partial charge in [0.05, 0.1) is 18.7 Å². The second-order valence-corrected chi connectivity index (χ2v) is 7.19. The third-order valence-corrected chi connectivity index (χ3v) is 6.60. The number of amidine groups is 1. The lowest BCUT2D eigenvalue weighted by Gasteiger charge is -2.29. The van der Waals surface area contributed by atoms with Gasteiger partial charge in [-0.25, -0.2) is 4.99 Å². The SMILES string of the molecule is CCCC[C@@]1(C)[C@]2(C#N)C(N)=N[C@@]3(OCCS3)[C@]12C#N. The Hall–Kier alpha value is -1.24. The first-order valence-corrected chi connectivity index (χ1v) is 7.96. The van der Waals surface area contributed by atoms with Gasteiger partial charge in [-0.15, -0.1) is 0 Å². The van der Waals surface area contributed by atoms with Gasteiger partial charge in [0.1, 0.15) is 11.3 Å². The monoisotopic (exact) mass is 290 g/mol. The van der Waals surface area contributed by atoms with Crippen LogP contribution < -0.4 is 5.73 Å². The van der Waals surface area contributed by atoms with E-state index in [0.29, 0.717) is 6.61 Å². The highest BCUT2D eigenvalue weighted by Crippen LogP contribution is 2.88. The average molecular weight is 290 g/mol. The maximum absolute atomic E-state index is 9.92. The van der Waals surface area contributed by atoms with Gasteiger partial charge in [0, 0.05) is 11.2 Å².